The van der Waals surface area contributed by atoms with Gasteiger partial charge in [-0.25, -0.2) is 14.6 Å². The highest BCUT2D eigenvalue weighted by molar-refractivity contribution is 8.00. The molecule has 2 aromatic carbocycles. The van der Waals surface area contributed by atoms with Crippen LogP contribution in [0.25, 0.3) is 16.7 Å². The molecular weight excluding hydrogens is 396 g/mol. The molecule has 0 bridgehead atoms. The third kappa shape index (κ3) is 3.72. The number of ketones is 1. The molecule has 4 aromatic rings. The van der Waals surface area contributed by atoms with Crippen molar-refractivity contribution in [3.05, 3.63) is 71.6 Å². The second-order valence-corrected chi connectivity index (χ2v) is 7.29. The smallest absolute Gasteiger partial charge is 0.173 e. The normalized spacial score (nSPS) is 10.9. The van der Waals surface area contributed by atoms with Crippen molar-refractivity contribution in [2.45, 2.75) is 5.03 Å². The second-order valence-electron chi connectivity index (χ2n) is 5.89. The van der Waals surface area contributed by atoms with E-state index in [0.717, 1.165) is 16.8 Å². The summed E-state index contributed by atoms with van der Waals surface area (Å²) in [6.07, 6.45) is 3.18. The van der Waals surface area contributed by atoms with Crippen LogP contribution >= 0.6 is 23.4 Å². The Hall–Kier alpha value is -2.90. The molecule has 0 saturated heterocycles. The maximum Gasteiger partial charge on any atom is 0.173 e. The lowest BCUT2D eigenvalue weighted by Crippen LogP contribution is -2.03. The van der Waals surface area contributed by atoms with Crippen LogP contribution in [0, 0.1) is 0 Å². The summed E-state index contributed by atoms with van der Waals surface area (Å²) in [7, 11) is 1.59. The molecule has 4 rings (SSSR count). The van der Waals surface area contributed by atoms with Gasteiger partial charge in [0.05, 0.1) is 30.1 Å². The lowest BCUT2D eigenvalue weighted by Gasteiger charge is -2.05. The first-order chi connectivity index (χ1) is 13.7. The largest absolute Gasteiger partial charge is 0.497 e. The molecule has 140 valence electrons. The van der Waals surface area contributed by atoms with Crippen LogP contribution in [0.1, 0.15) is 10.4 Å². The Labute approximate surface area is 170 Å². The maximum atomic E-state index is 12.5. The van der Waals surface area contributed by atoms with Crippen molar-refractivity contribution < 1.29 is 9.53 Å². The highest BCUT2D eigenvalue weighted by Gasteiger charge is 2.14. The van der Waals surface area contributed by atoms with Gasteiger partial charge in [0.25, 0.3) is 0 Å². The minimum absolute atomic E-state index is 0.0154. The summed E-state index contributed by atoms with van der Waals surface area (Å²) in [5, 5.41) is 6.53. The first kappa shape index (κ1) is 18.5. The topological polar surface area (TPSA) is 69.9 Å². The van der Waals surface area contributed by atoms with Gasteiger partial charge in [-0.15, -0.1) is 0 Å². The number of hydrogen-bond acceptors (Lipinski definition) is 6. The molecule has 0 saturated carbocycles. The van der Waals surface area contributed by atoms with Crippen molar-refractivity contribution in [3.63, 3.8) is 0 Å². The lowest BCUT2D eigenvalue weighted by atomic mass is 10.1. The zero-order valence-electron chi connectivity index (χ0n) is 14.9. The highest BCUT2D eigenvalue weighted by atomic mass is 35.5. The molecule has 0 atom stereocenters. The summed E-state index contributed by atoms with van der Waals surface area (Å²) in [5.74, 6) is 0.998. The van der Waals surface area contributed by atoms with Crippen LogP contribution in [0.5, 0.6) is 5.75 Å². The van der Waals surface area contributed by atoms with E-state index in [2.05, 4.69) is 15.1 Å². The van der Waals surface area contributed by atoms with Gasteiger partial charge in [0, 0.05) is 10.6 Å². The van der Waals surface area contributed by atoms with Gasteiger partial charge >= 0.3 is 0 Å². The number of carbonyl (C=O) groups excluding carboxylic acids is 1. The van der Waals surface area contributed by atoms with E-state index in [9.17, 15) is 4.79 Å². The van der Waals surface area contributed by atoms with E-state index in [0.29, 0.717) is 21.3 Å². The summed E-state index contributed by atoms with van der Waals surface area (Å²) in [6, 6.07) is 14.4. The maximum absolute atomic E-state index is 12.5. The number of fused-ring (bicyclic) bond motifs is 1. The van der Waals surface area contributed by atoms with E-state index in [1.165, 1.54) is 18.1 Å². The van der Waals surface area contributed by atoms with Gasteiger partial charge in [-0.2, -0.15) is 5.10 Å². The molecule has 6 nitrogen and oxygen atoms in total. The minimum Gasteiger partial charge on any atom is -0.497 e. The molecule has 28 heavy (non-hydrogen) atoms. The second kappa shape index (κ2) is 8.00. The molecule has 0 unspecified atom stereocenters. The minimum atomic E-state index is 0.0154. The third-order valence-electron chi connectivity index (χ3n) is 4.13. The molecule has 8 heteroatoms. The zero-order chi connectivity index (χ0) is 19.5. The van der Waals surface area contributed by atoms with Crippen LogP contribution in [0.15, 0.2) is 66.1 Å². The van der Waals surface area contributed by atoms with Crippen molar-refractivity contribution in [1.29, 1.82) is 0 Å². The van der Waals surface area contributed by atoms with Crippen LogP contribution in [0.4, 0.5) is 0 Å². The molecule has 0 spiro atoms. The van der Waals surface area contributed by atoms with Crippen LogP contribution in [0.2, 0.25) is 5.02 Å². The van der Waals surface area contributed by atoms with Crippen molar-refractivity contribution >= 4 is 40.2 Å². The van der Waals surface area contributed by atoms with Crippen LogP contribution in [0.3, 0.4) is 0 Å². The third-order valence-corrected chi connectivity index (χ3v) is 5.37. The Balaban J connectivity index is 1.57. The number of aromatic nitrogens is 4. The highest BCUT2D eigenvalue weighted by Crippen LogP contribution is 2.27. The number of benzene rings is 2. The van der Waals surface area contributed by atoms with Crippen LogP contribution in [-0.4, -0.2) is 38.4 Å². The van der Waals surface area contributed by atoms with Crippen molar-refractivity contribution in [3.8, 4) is 11.4 Å². The van der Waals surface area contributed by atoms with Gasteiger partial charge < -0.3 is 4.74 Å². The fraction of sp³-hybridized carbons (Fsp3) is 0.100. The molecule has 0 aliphatic rings. The van der Waals surface area contributed by atoms with Crippen molar-refractivity contribution in [2.24, 2.45) is 0 Å². The summed E-state index contributed by atoms with van der Waals surface area (Å²) in [4.78, 5) is 21.1. The predicted octanol–water partition coefficient (Wildman–Crippen LogP) is 4.45. The number of hydrogen-bond donors (Lipinski definition) is 0. The monoisotopic (exact) mass is 410 g/mol. The number of Topliss-reactive ketones (excluding diaryl/α,β-unsaturated/α-hetero) is 1. The fourth-order valence-electron chi connectivity index (χ4n) is 2.73. The number of thioether (sulfide) groups is 1. The Bertz CT molecular complexity index is 1140. The fourth-order valence-corrected chi connectivity index (χ4v) is 3.77. The predicted molar refractivity (Wildman–Crippen MR) is 110 cm³/mol. The molecule has 0 fully saturated rings. The molecular formula is C20H15ClN4O2S. The SMILES string of the molecule is COc1ccc(C(=O)CSc2ncnc3c2cnn3-c2cccc(Cl)c2)cc1. The Morgan fingerprint density at radius 1 is 1.18 bits per heavy atom. The summed E-state index contributed by atoms with van der Waals surface area (Å²) in [5.41, 5.74) is 2.11. The van der Waals surface area contributed by atoms with E-state index in [1.807, 2.05) is 18.2 Å². The Kier molecular flexibility index (Phi) is 5.27. The molecule has 2 heterocycles. The van der Waals surface area contributed by atoms with Gasteiger partial charge in [-0.1, -0.05) is 29.4 Å². The van der Waals surface area contributed by atoms with Gasteiger partial charge in [-0.3, -0.25) is 4.79 Å². The average molecular weight is 411 g/mol. The average Bonchev–Trinajstić information content (AvgIpc) is 3.17. The number of halogens is 1. The summed E-state index contributed by atoms with van der Waals surface area (Å²) in [6.45, 7) is 0. The Morgan fingerprint density at radius 3 is 2.75 bits per heavy atom. The molecule has 0 aliphatic heterocycles. The summed E-state index contributed by atoms with van der Waals surface area (Å²) >= 11 is 7.45. The lowest BCUT2D eigenvalue weighted by molar-refractivity contribution is 0.102. The van der Waals surface area contributed by atoms with Crippen LogP contribution < -0.4 is 4.74 Å². The first-order valence-electron chi connectivity index (χ1n) is 8.40. The molecule has 0 N–H and O–H groups in total. The van der Waals surface area contributed by atoms with E-state index in [1.54, 1.807) is 48.3 Å². The number of methoxy groups -OCH3 is 1. The van der Waals surface area contributed by atoms with Gasteiger partial charge in [0.15, 0.2) is 11.4 Å². The molecule has 2 aromatic heterocycles. The Morgan fingerprint density at radius 2 is 2.00 bits per heavy atom. The van der Waals surface area contributed by atoms with E-state index in [4.69, 9.17) is 16.3 Å². The van der Waals surface area contributed by atoms with Crippen molar-refractivity contribution in [2.75, 3.05) is 12.9 Å². The van der Waals surface area contributed by atoms with Crippen LogP contribution in [-0.2, 0) is 0 Å². The van der Waals surface area contributed by atoms with Gasteiger partial charge in [-0.05, 0) is 42.5 Å². The molecule has 0 aliphatic carbocycles. The van der Waals surface area contributed by atoms with Gasteiger partial charge in [0.1, 0.15) is 17.1 Å². The summed E-state index contributed by atoms with van der Waals surface area (Å²) < 4.78 is 6.83. The quantitative estimate of drug-likeness (QED) is 0.265. The standard InChI is InChI=1S/C20H15ClN4O2S/c1-27-16-7-5-13(6-8-16)18(26)11-28-20-17-10-24-25(19(17)22-12-23-20)15-4-2-3-14(21)9-15/h2-10,12H,11H2,1H3. The number of ether oxygens (including phenoxy) is 1. The molecule has 0 amide bonds. The van der Waals surface area contributed by atoms with Crippen molar-refractivity contribution in [1.82, 2.24) is 19.7 Å². The van der Waals surface area contributed by atoms with Gasteiger partial charge in [0.2, 0.25) is 0 Å². The zero-order valence-corrected chi connectivity index (χ0v) is 16.4. The first-order valence-corrected chi connectivity index (χ1v) is 9.77. The van der Waals surface area contributed by atoms with E-state index >= 15 is 0 Å². The molecule has 0 radical (unpaired) electrons. The number of rotatable bonds is 6. The number of carbonyl (C=O) groups is 1. The number of nitrogens with zero attached hydrogens (tertiary/aromatic N) is 4. The van der Waals surface area contributed by atoms with E-state index < -0.39 is 0 Å². The van der Waals surface area contributed by atoms with E-state index in [-0.39, 0.29) is 11.5 Å².